The first-order valence-electron chi connectivity index (χ1n) is 4.09. The molecule has 2 aromatic heterocycles. The normalized spacial score (nSPS) is 10.2. The van der Waals surface area contributed by atoms with Gasteiger partial charge < -0.3 is 9.67 Å². The van der Waals surface area contributed by atoms with E-state index in [2.05, 4.69) is 4.98 Å². The van der Waals surface area contributed by atoms with Crippen LogP contribution in [0.5, 0.6) is 0 Å². The molecule has 13 heavy (non-hydrogen) atoms. The lowest BCUT2D eigenvalue weighted by Gasteiger charge is -2.03. The van der Waals surface area contributed by atoms with Crippen LogP contribution in [-0.2, 0) is 6.61 Å². The molecular weight excluding hydrogens is 164 g/mol. The van der Waals surface area contributed by atoms with E-state index in [-0.39, 0.29) is 6.61 Å². The summed E-state index contributed by atoms with van der Waals surface area (Å²) in [5, 5.41) is 8.89. The van der Waals surface area contributed by atoms with Gasteiger partial charge in [-0.15, -0.1) is 0 Å². The summed E-state index contributed by atoms with van der Waals surface area (Å²) >= 11 is 0. The van der Waals surface area contributed by atoms with Crippen LogP contribution >= 0.6 is 0 Å². The summed E-state index contributed by atoms with van der Waals surface area (Å²) in [4.78, 5) is 4.00. The molecule has 1 N–H and O–H groups in total. The van der Waals surface area contributed by atoms with Gasteiger partial charge in [-0.1, -0.05) is 0 Å². The standard InChI is InChI=1S/C10H10N2O/c13-8-9-7-10(3-4-11-9)12-5-1-2-6-12/h1-7,13H,8H2. The van der Waals surface area contributed by atoms with E-state index in [9.17, 15) is 0 Å². The molecule has 0 unspecified atom stereocenters. The summed E-state index contributed by atoms with van der Waals surface area (Å²) in [6.07, 6.45) is 5.61. The van der Waals surface area contributed by atoms with Crippen LogP contribution in [0, 0.1) is 0 Å². The van der Waals surface area contributed by atoms with E-state index in [0.29, 0.717) is 5.69 Å². The molecule has 0 aliphatic carbocycles. The number of hydrogen-bond acceptors (Lipinski definition) is 2. The molecule has 0 saturated carbocycles. The van der Waals surface area contributed by atoms with Gasteiger partial charge >= 0.3 is 0 Å². The quantitative estimate of drug-likeness (QED) is 0.746. The van der Waals surface area contributed by atoms with Crippen LogP contribution in [0.15, 0.2) is 42.9 Å². The van der Waals surface area contributed by atoms with Crippen molar-refractivity contribution in [1.82, 2.24) is 9.55 Å². The number of pyridine rings is 1. The SMILES string of the molecule is OCc1cc(-n2cccc2)ccn1. The van der Waals surface area contributed by atoms with Crippen molar-refractivity contribution in [3.8, 4) is 5.69 Å². The van der Waals surface area contributed by atoms with E-state index >= 15 is 0 Å². The van der Waals surface area contributed by atoms with Crippen LogP contribution < -0.4 is 0 Å². The predicted molar refractivity (Wildman–Crippen MR) is 49.5 cm³/mol. The summed E-state index contributed by atoms with van der Waals surface area (Å²) < 4.78 is 1.97. The molecular formula is C10H10N2O. The third kappa shape index (κ3) is 1.60. The van der Waals surface area contributed by atoms with Gasteiger partial charge in [0.05, 0.1) is 12.3 Å². The minimum Gasteiger partial charge on any atom is -0.390 e. The Morgan fingerprint density at radius 1 is 1.31 bits per heavy atom. The van der Waals surface area contributed by atoms with Gasteiger partial charge in [0, 0.05) is 24.3 Å². The van der Waals surface area contributed by atoms with Gasteiger partial charge in [-0.25, -0.2) is 0 Å². The van der Waals surface area contributed by atoms with Crippen LogP contribution in [0.1, 0.15) is 5.69 Å². The van der Waals surface area contributed by atoms with E-state index in [1.807, 2.05) is 41.2 Å². The summed E-state index contributed by atoms with van der Waals surface area (Å²) in [6.45, 7) is -0.0187. The van der Waals surface area contributed by atoms with Gasteiger partial charge in [-0.05, 0) is 24.3 Å². The molecule has 0 aliphatic heterocycles. The molecule has 0 spiro atoms. The zero-order chi connectivity index (χ0) is 9.10. The highest BCUT2D eigenvalue weighted by atomic mass is 16.3. The van der Waals surface area contributed by atoms with Gasteiger partial charge in [-0.2, -0.15) is 0 Å². The van der Waals surface area contributed by atoms with Crippen molar-refractivity contribution in [2.45, 2.75) is 6.61 Å². The molecule has 0 aliphatic rings. The maximum absolute atomic E-state index is 8.89. The topological polar surface area (TPSA) is 38.0 Å². The Morgan fingerprint density at radius 3 is 2.77 bits per heavy atom. The third-order valence-electron chi connectivity index (χ3n) is 1.86. The fraction of sp³-hybridized carbons (Fsp3) is 0.100. The van der Waals surface area contributed by atoms with Crippen molar-refractivity contribution in [2.75, 3.05) is 0 Å². The predicted octanol–water partition coefficient (Wildman–Crippen LogP) is 1.36. The fourth-order valence-corrected chi connectivity index (χ4v) is 1.22. The van der Waals surface area contributed by atoms with E-state index in [1.54, 1.807) is 6.20 Å². The Bertz CT molecular complexity index is 382. The number of rotatable bonds is 2. The maximum Gasteiger partial charge on any atom is 0.0853 e. The average Bonchev–Trinajstić information content (AvgIpc) is 2.71. The van der Waals surface area contributed by atoms with E-state index in [0.717, 1.165) is 5.69 Å². The minimum atomic E-state index is -0.0187. The molecule has 2 aromatic rings. The highest BCUT2D eigenvalue weighted by molar-refractivity contribution is 5.32. The van der Waals surface area contributed by atoms with E-state index in [4.69, 9.17) is 5.11 Å². The molecule has 0 radical (unpaired) electrons. The van der Waals surface area contributed by atoms with Crippen molar-refractivity contribution in [3.63, 3.8) is 0 Å². The Hall–Kier alpha value is -1.61. The molecule has 0 atom stereocenters. The molecule has 0 bridgehead atoms. The highest BCUT2D eigenvalue weighted by Crippen LogP contribution is 2.08. The zero-order valence-corrected chi connectivity index (χ0v) is 7.09. The fourth-order valence-electron chi connectivity index (χ4n) is 1.22. The second-order valence-corrected chi connectivity index (χ2v) is 2.75. The van der Waals surface area contributed by atoms with Crippen molar-refractivity contribution < 1.29 is 5.11 Å². The second-order valence-electron chi connectivity index (χ2n) is 2.75. The third-order valence-corrected chi connectivity index (χ3v) is 1.86. The number of aromatic nitrogens is 2. The van der Waals surface area contributed by atoms with Crippen molar-refractivity contribution >= 4 is 0 Å². The van der Waals surface area contributed by atoms with E-state index in [1.165, 1.54) is 0 Å². The molecule has 2 rings (SSSR count). The lowest BCUT2D eigenvalue weighted by atomic mass is 10.3. The van der Waals surface area contributed by atoms with Crippen LogP contribution in [0.4, 0.5) is 0 Å². The largest absolute Gasteiger partial charge is 0.390 e. The molecule has 0 amide bonds. The Labute approximate surface area is 76.3 Å². The van der Waals surface area contributed by atoms with Crippen LogP contribution in [-0.4, -0.2) is 14.7 Å². The number of aliphatic hydroxyl groups is 1. The molecule has 3 nitrogen and oxygen atoms in total. The van der Waals surface area contributed by atoms with Crippen LogP contribution in [0.25, 0.3) is 5.69 Å². The summed E-state index contributed by atoms with van der Waals surface area (Å²) in [5.74, 6) is 0. The Morgan fingerprint density at radius 2 is 2.08 bits per heavy atom. The maximum atomic E-state index is 8.89. The molecule has 3 heteroatoms. The second kappa shape index (κ2) is 3.41. The highest BCUT2D eigenvalue weighted by Gasteiger charge is 1.96. The van der Waals surface area contributed by atoms with Crippen LogP contribution in [0.3, 0.4) is 0 Å². The van der Waals surface area contributed by atoms with Gasteiger partial charge in [0.15, 0.2) is 0 Å². The van der Waals surface area contributed by atoms with E-state index < -0.39 is 0 Å². The van der Waals surface area contributed by atoms with Crippen LogP contribution in [0.2, 0.25) is 0 Å². The zero-order valence-electron chi connectivity index (χ0n) is 7.09. The number of nitrogens with zero attached hydrogens (tertiary/aromatic N) is 2. The number of aliphatic hydroxyl groups excluding tert-OH is 1. The molecule has 2 heterocycles. The summed E-state index contributed by atoms with van der Waals surface area (Å²) in [6, 6.07) is 7.68. The average molecular weight is 174 g/mol. The lowest BCUT2D eigenvalue weighted by molar-refractivity contribution is 0.277. The van der Waals surface area contributed by atoms with Crippen molar-refractivity contribution in [3.05, 3.63) is 48.5 Å². The van der Waals surface area contributed by atoms with Gasteiger partial charge in [0.2, 0.25) is 0 Å². The molecule has 0 aromatic carbocycles. The van der Waals surface area contributed by atoms with Gasteiger partial charge in [0.1, 0.15) is 0 Å². The molecule has 0 saturated heterocycles. The number of hydrogen-bond donors (Lipinski definition) is 1. The Balaban J connectivity index is 2.41. The van der Waals surface area contributed by atoms with Crippen molar-refractivity contribution in [2.24, 2.45) is 0 Å². The smallest absolute Gasteiger partial charge is 0.0853 e. The van der Waals surface area contributed by atoms with Gasteiger partial charge in [-0.3, -0.25) is 4.98 Å². The molecule has 66 valence electrons. The van der Waals surface area contributed by atoms with Crippen molar-refractivity contribution in [1.29, 1.82) is 0 Å². The minimum absolute atomic E-state index is 0.0187. The lowest BCUT2D eigenvalue weighted by Crippen LogP contribution is -1.94. The van der Waals surface area contributed by atoms with Gasteiger partial charge in [0.25, 0.3) is 0 Å². The Kier molecular flexibility index (Phi) is 2.10. The summed E-state index contributed by atoms with van der Waals surface area (Å²) in [5.41, 5.74) is 1.70. The first kappa shape index (κ1) is 8.01. The monoisotopic (exact) mass is 174 g/mol. The first-order chi connectivity index (χ1) is 6.40. The summed E-state index contributed by atoms with van der Waals surface area (Å²) in [7, 11) is 0. The molecule has 0 fully saturated rings. The first-order valence-corrected chi connectivity index (χ1v) is 4.09.